The Bertz CT molecular complexity index is 1230. The fraction of sp³-hybridized carbons (Fsp3) is 0.217. The van der Waals surface area contributed by atoms with Crippen LogP contribution in [0.25, 0.3) is 21.2 Å². The topological polar surface area (TPSA) is 63.8 Å². The summed E-state index contributed by atoms with van der Waals surface area (Å²) in [6.07, 6.45) is 0.809. The second kappa shape index (κ2) is 7.62. The maximum atomic E-state index is 12.8. The molecule has 0 aliphatic heterocycles. The number of hydrogen-bond acceptors (Lipinski definition) is 5. The van der Waals surface area contributed by atoms with E-state index in [4.69, 9.17) is 10.7 Å². The van der Waals surface area contributed by atoms with Gasteiger partial charge in [0.25, 0.3) is 0 Å². The second-order valence-electron chi connectivity index (χ2n) is 7.69. The lowest BCUT2D eigenvalue weighted by atomic mass is 10.1. The molecule has 3 N–H and O–H groups in total. The predicted octanol–water partition coefficient (Wildman–Crippen LogP) is 6.32. The van der Waals surface area contributed by atoms with Crippen LogP contribution >= 0.6 is 11.3 Å². The number of aromatic nitrogens is 2. The molecule has 2 aromatic carbocycles. The Kier molecular flexibility index (Phi) is 4.91. The molecule has 1 saturated carbocycles. The molecule has 4 nitrogen and oxygen atoms in total. The van der Waals surface area contributed by atoms with E-state index in [2.05, 4.69) is 28.5 Å². The average molecular weight is 440 g/mol. The van der Waals surface area contributed by atoms with E-state index in [9.17, 15) is 13.2 Å². The molecule has 158 valence electrons. The lowest BCUT2D eigenvalue weighted by molar-refractivity contribution is -0.137. The number of hydrogen-bond donors (Lipinski definition) is 2. The number of pyridine rings is 1. The quantitative estimate of drug-likeness (QED) is 0.356. The molecule has 1 aliphatic rings. The zero-order valence-corrected chi connectivity index (χ0v) is 17.2. The van der Waals surface area contributed by atoms with Crippen LogP contribution in [-0.4, -0.2) is 9.97 Å². The molecule has 4 aromatic rings. The molecule has 1 fully saturated rings. The van der Waals surface area contributed by atoms with Gasteiger partial charge in [0.05, 0.1) is 16.1 Å². The van der Waals surface area contributed by atoms with Crippen molar-refractivity contribution in [2.75, 3.05) is 5.32 Å². The summed E-state index contributed by atoms with van der Waals surface area (Å²) in [5.74, 6) is 0.442. The van der Waals surface area contributed by atoms with Crippen LogP contribution in [0.1, 0.15) is 41.7 Å². The minimum absolute atomic E-state index is 0.442. The monoisotopic (exact) mass is 440 g/mol. The summed E-state index contributed by atoms with van der Waals surface area (Å²) in [6, 6.07) is 13.1. The van der Waals surface area contributed by atoms with Gasteiger partial charge in [0.1, 0.15) is 6.17 Å². The third-order valence-electron chi connectivity index (χ3n) is 5.40. The van der Waals surface area contributed by atoms with Crippen LogP contribution in [0.3, 0.4) is 0 Å². The number of thiazole rings is 1. The number of nitrogens with one attached hydrogen (secondary N) is 1. The summed E-state index contributed by atoms with van der Waals surface area (Å²) in [6.45, 7) is 0. The third-order valence-corrected chi connectivity index (χ3v) is 6.45. The first-order valence-corrected chi connectivity index (χ1v) is 10.7. The van der Waals surface area contributed by atoms with Gasteiger partial charge in [-0.2, -0.15) is 13.2 Å². The molecular weight excluding hydrogens is 421 g/mol. The predicted molar refractivity (Wildman–Crippen MR) is 117 cm³/mol. The third kappa shape index (κ3) is 4.13. The number of benzene rings is 2. The summed E-state index contributed by atoms with van der Waals surface area (Å²) < 4.78 is 38.4. The van der Waals surface area contributed by atoms with Gasteiger partial charge in [-0.1, -0.05) is 35.6 Å². The largest absolute Gasteiger partial charge is 0.416 e. The van der Waals surface area contributed by atoms with Crippen molar-refractivity contribution in [3.05, 3.63) is 77.7 Å². The molecule has 5 rings (SSSR count). The van der Waals surface area contributed by atoms with Gasteiger partial charge >= 0.3 is 6.18 Å². The zero-order valence-electron chi connectivity index (χ0n) is 16.4. The Morgan fingerprint density at radius 1 is 1.03 bits per heavy atom. The zero-order chi connectivity index (χ0) is 21.6. The number of rotatable bonds is 5. The standard InChI is InChI=1S/C23H19F3N4S/c24-23(25,26)18-7-5-14(6-8-18)21(27)30-22-29-19(13-1-2-13)20(31-22)16-3-4-17-12-28-10-9-15(17)11-16/h3-13,21H,1-2,27H2,(H,29,30). The van der Waals surface area contributed by atoms with Crippen LogP contribution in [0, 0.1) is 0 Å². The smallest absolute Gasteiger partial charge is 0.342 e. The summed E-state index contributed by atoms with van der Waals surface area (Å²) >= 11 is 1.52. The van der Waals surface area contributed by atoms with Crippen LogP contribution < -0.4 is 11.1 Å². The molecule has 2 heterocycles. The first-order valence-electron chi connectivity index (χ1n) is 9.92. The van der Waals surface area contributed by atoms with Gasteiger partial charge < -0.3 is 11.1 Å². The van der Waals surface area contributed by atoms with E-state index in [0.29, 0.717) is 16.6 Å². The van der Waals surface area contributed by atoms with Crippen LogP contribution in [0.4, 0.5) is 18.3 Å². The van der Waals surface area contributed by atoms with Gasteiger partial charge in [-0.25, -0.2) is 4.98 Å². The fourth-order valence-electron chi connectivity index (χ4n) is 3.55. The summed E-state index contributed by atoms with van der Waals surface area (Å²) in [4.78, 5) is 10.0. The molecule has 0 amide bonds. The van der Waals surface area contributed by atoms with Crippen molar-refractivity contribution in [1.82, 2.24) is 9.97 Å². The number of fused-ring (bicyclic) bond motifs is 1. The highest BCUT2D eigenvalue weighted by Gasteiger charge is 2.31. The normalized spacial score (nSPS) is 15.2. The Morgan fingerprint density at radius 2 is 1.81 bits per heavy atom. The van der Waals surface area contributed by atoms with Gasteiger partial charge in [0, 0.05) is 23.7 Å². The first kappa shape index (κ1) is 20.0. The Hall–Kier alpha value is -2.97. The maximum Gasteiger partial charge on any atom is 0.416 e. The number of anilines is 1. The molecule has 1 unspecified atom stereocenters. The molecule has 0 bridgehead atoms. The van der Waals surface area contributed by atoms with Crippen LogP contribution in [0.15, 0.2) is 60.9 Å². The number of halogens is 3. The highest BCUT2D eigenvalue weighted by atomic mass is 32.1. The lowest BCUT2D eigenvalue weighted by Crippen LogP contribution is -2.20. The van der Waals surface area contributed by atoms with Crippen molar-refractivity contribution in [1.29, 1.82) is 0 Å². The SMILES string of the molecule is NC(Nc1nc(C2CC2)c(-c2ccc3cnccc3c2)s1)c1ccc(C(F)(F)F)cc1. The summed E-state index contributed by atoms with van der Waals surface area (Å²) in [5, 5.41) is 6.01. The van der Waals surface area contributed by atoms with Gasteiger partial charge in [-0.15, -0.1) is 0 Å². The molecule has 31 heavy (non-hydrogen) atoms. The van der Waals surface area contributed by atoms with E-state index in [1.54, 1.807) is 6.20 Å². The Labute approximate surface area is 181 Å². The molecule has 8 heteroatoms. The summed E-state index contributed by atoms with van der Waals surface area (Å²) in [7, 11) is 0. The minimum Gasteiger partial charge on any atom is -0.342 e. The first-order chi connectivity index (χ1) is 14.9. The minimum atomic E-state index is -4.37. The van der Waals surface area contributed by atoms with Crippen LogP contribution in [0.5, 0.6) is 0 Å². The van der Waals surface area contributed by atoms with Crippen LogP contribution in [0.2, 0.25) is 0 Å². The van der Waals surface area contributed by atoms with E-state index in [0.717, 1.165) is 51.9 Å². The molecule has 2 aromatic heterocycles. The van der Waals surface area contributed by atoms with E-state index in [-0.39, 0.29) is 0 Å². The van der Waals surface area contributed by atoms with Crippen LogP contribution in [-0.2, 0) is 6.18 Å². The fourth-order valence-corrected chi connectivity index (χ4v) is 4.64. The Morgan fingerprint density at radius 3 is 2.52 bits per heavy atom. The lowest BCUT2D eigenvalue weighted by Gasteiger charge is -2.14. The van der Waals surface area contributed by atoms with Crippen molar-refractivity contribution >= 4 is 27.2 Å². The molecule has 0 saturated heterocycles. The van der Waals surface area contributed by atoms with Crippen molar-refractivity contribution in [2.24, 2.45) is 5.73 Å². The number of nitrogens with two attached hydrogens (primary N) is 1. The second-order valence-corrected chi connectivity index (χ2v) is 8.69. The van der Waals surface area contributed by atoms with E-state index in [1.165, 1.54) is 23.5 Å². The molecule has 0 radical (unpaired) electrons. The number of nitrogens with zero attached hydrogens (tertiary/aromatic N) is 2. The van der Waals surface area contributed by atoms with Gasteiger partial charge in [0.15, 0.2) is 5.13 Å². The molecular formula is C23H19F3N4S. The maximum absolute atomic E-state index is 12.8. The van der Waals surface area contributed by atoms with Crippen molar-refractivity contribution < 1.29 is 13.2 Å². The van der Waals surface area contributed by atoms with Crippen molar-refractivity contribution in [3.63, 3.8) is 0 Å². The average Bonchev–Trinajstić information content (AvgIpc) is 3.53. The molecule has 1 atom stereocenters. The van der Waals surface area contributed by atoms with Crippen molar-refractivity contribution in [3.8, 4) is 10.4 Å². The highest BCUT2D eigenvalue weighted by Crippen LogP contribution is 2.47. The highest BCUT2D eigenvalue weighted by molar-refractivity contribution is 7.19. The van der Waals surface area contributed by atoms with E-state index < -0.39 is 17.9 Å². The Balaban J connectivity index is 1.42. The van der Waals surface area contributed by atoms with Crippen molar-refractivity contribution in [2.45, 2.75) is 31.1 Å². The van der Waals surface area contributed by atoms with Gasteiger partial charge in [0.2, 0.25) is 0 Å². The van der Waals surface area contributed by atoms with E-state index >= 15 is 0 Å². The van der Waals surface area contributed by atoms with E-state index in [1.807, 2.05) is 12.3 Å². The molecule has 0 spiro atoms. The molecule has 1 aliphatic carbocycles. The summed E-state index contributed by atoms with van der Waals surface area (Å²) in [5.41, 5.74) is 8.24. The number of alkyl halides is 3. The van der Waals surface area contributed by atoms with Gasteiger partial charge in [-0.05, 0) is 53.6 Å². The van der Waals surface area contributed by atoms with Gasteiger partial charge in [-0.3, -0.25) is 4.98 Å².